The van der Waals surface area contributed by atoms with E-state index < -0.39 is 36.0 Å². The minimum Gasteiger partial charge on any atom is -0.390 e. The van der Waals surface area contributed by atoms with E-state index in [1.807, 2.05) is 0 Å². The third-order valence-electron chi connectivity index (χ3n) is 3.94. The zero-order valence-corrected chi connectivity index (χ0v) is 15.4. The molecule has 2 rings (SSSR count). The predicted molar refractivity (Wildman–Crippen MR) is 96.9 cm³/mol. The minimum atomic E-state index is -1.25. The molecule has 1 aromatic carbocycles. The van der Waals surface area contributed by atoms with Crippen molar-refractivity contribution in [2.45, 2.75) is 31.1 Å². The van der Waals surface area contributed by atoms with Gasteiger partial charge in [0.2, 0.25) is 11.8 Å². The van der Waals surface area contributed by atoms with Gasteiger partial charge in [0.15, 0.2) is 0 Å². The standard InChI is InChI=1S/C17H20BrN3O5/c18-11-4-2-1-3-10(11)17(26)21-12-7-9(8-13(22)15(12)24)16(25)20-6-5-14(19)23/h1-4,7,12-13,15,22,24H,5-6,8H2,(H2,19,23)(H,20,25)(H,21,26)/t12-,13-,15-/m1/s1. The fourth-order valence-electron chi connectivity index (χ4n) is 2.55. The summed E-state index contributed by atoms with van der Waals surface area (Å²) < 4.78 is 0.580. The summed E-state index contributed by atoms with van der Waals surface area (Å²) in [7, 11) is 0. The first kappa shape index (κ1) is 20.1. The van der Waals surface area contributed by atoms with Gasteiger partial charge in [-0.05, 0) is 28.1 Å². The number of rotatable bonds is 6. The molecule has 0 fully saturated rings. The molecule has 140 valence electrons. The fraction of sp³-hybridized carbons (Fsp3) is 0.353. The van der Waals surface area contributed by atoms with Crippen molar-refractivity contribution in [3.05, 3.63) is 46.0 Å². The molecule has 1 aliphatic carbocycles. The van der Waals surface area contributed by atoms with Crippen molar-refractivity contribution in [1.29, 1.82) is 0 Å². The van der Waals surface area contributed by atoms with Gasteiger partial charge in [-0.2, -0.15) is 0 Å². The van der Waals surface area contributed by atoms with Crippen molar-refractivity contribution in [1.82, 2.24) is 10.6 Å². The molecule has 1 aromatic rings. The molecule has 9 heteroatoms. The van der Waals surface area contributed by atoms with Gasteiger partial charge in [0, 0.05) is 29.4 Å². The lowest BCUT2D eigenvalue weighted by molar-refractivity contribution is -0.119. The topological polar surface area (TPSA) is 142 Å². The summed E-state index contributed by atoms with van der Waals surface area (Å²) in [6.45, 7) is 0.0676. The maximum absolute atomic E-state index is 12.4. The van der Waals surface area contributed by atoms with E-state index in [1.165, 1.54) is 6.08 Å². The highest BCUT2D eigenvalue weighted by atomic mass is 79.9. The summed E-state index contributed by atoms with van der Waals surface area (Å²) in [6, 6.07) is 5.82. The normalized spacial score (nSPS) is 22.3. The molecule has 0 radical (unpaired) electrons. The highest BCUT2D eigenvalue weighted by molar-refractivity contribution is 9.10. The van der Waals surface area contributed by atoms with Crippen LogP contribution in [0.3, 0.4) is 0 Å². The Morgan fingerprint density at radius 1 is 1.19 bits per heavy atom. The Kier molecular flexibility index (Phi) is 6.90. The number of aliphatic hydroxyl groups is 2. The van der Waals surface area contributed by atoms with E-state index in [0.29, 0.717) is 10.0 Å². The van der Waals surface area contributed by atoms with Crippen molar-refractivity contribution >= 4 is 33.7 Å². The summed E-state index contributed by atoms with van der Waals surface area (Å²) in [6.07, 6.45) is -1.12. The molecule has 8 nitrogen and oxygen atoms in total. The van der Waals surface area contributed by atoms with Crippen molar-refractivity contribution in [2.75, 3.05) is 6.54 Å². The van der Waals surface area contributed by atoms with E-state index in [9.17, 15) is 24.6 Å². The SMILES string of the molecule is NC(=O)CCNC(=O)C1=C[C@@H](NC(=O)c2ccccc2Br)[C@@H](O)[C@H](O)C1. The second-order valence-electron chi connectivity index (χ2n) is 5.91. The van der Waals surface area contributed by atoms with Crippen molar-refractivity contribution in [3.8, 4) is 0 Å². The third kappa shape index (κ3) is 5.13. The molecule has 0 heterocycles. The maximum Gasteiger partial charge on any atom is 0.252 e. The number of nitrogens with two attached hydrogens (primary N) is 1. The van der Waals surface area contributed by atoms with Crippen molar-refractivity contribution in [3.63, 3.8) is 0 Å². The van der Waals surface area contributed by atoms with Crippen LogP contribution in [0.4, 0.5) is 0 Å². The van der Waals surface area contributed by atoms with Crippen LogP contribution in [0.1, 0.15) is 23.2 Å². The van der Waals surface area contributed by atoms with E-state index >= 15 is 0 Å². The molecule has 0 saturated carbocycles. The van der Waals surface area contributed by atoms with Crippen LogP contribution in [0.2, 0.25) is 0 Å². The Bertz CT molecular complexity index is 737. The van der Waals surface area contributed by atoms with Gasteiger partial charge in [0.25, 0.3) is 5.91 Å². The summed E-state index contributed by atoms with van der Waals surface area (Å²) in [5, 5.41) is 25.3. The molecule has 3 atom stereocenters. The zero-order valence-electron chi connectivity index (χ0n) is 13.8. The highest BCUT2D eigenvalue weighted by Crippen LogP contribution is 2.21. The van der Waals surface area contributed by atoms with E-state index in [1.54, 1.807) is 24.3 Å². The summed E-state index contributed by atoms with van der Waals surface area (Å²) >= 11 is 3.27. The van der Waals surface area contributed by atoms with E-state index in [4.69, 9.17) is 5.73 Å². The van der Waals surface area contributed by atoms with E-state index in [2.05, 4.69) is 26.6 Å². The Morgan fingerprint density at radius 2 is 1.88 bits per heavy atom. The van der Waals surface area contributed by atoms with Gasteiger partial charge in [-0.15, -0.1) is 0 Å². The molecule has 0 saturated heterocycles. The molecule has 0 aromatic heterocycles. The number of nitrogens with one attached hydrogen (secondary N) is 2. The third-order valence-corrected chi connectivity index (χ3v) is 4.63. The summed E-state index contributed by atoms with van der Waals surface area (Å²) in [5.41, 5.74) is 5.59. The smallest absolute Gasteiger partial charge is 0.252 e. The molecule has 26 heavy (non-hydrogen) atoms. The van der Waals surface area contributed by atoms with Crippen LogP contribution in [-0.4, -0.2) is 52.7 Å². The first-order valence-electron chi connectivity index (χ1n) is 7.98. The number of benzene rings is 1. The number of primary amides is 1. The van der Waals surface area contributed by atoms with Gasteiger partial charge in [0.05, 0.1) is 17.7 Å². The maximum atomic E-state index is 12.4. The first-order valence-corrected chi connectivity index (χ1v) is 8.77. The van der Waals surface area contributed by atoms with Crippen molar-refractivity contribution < 1.29 is 24.6 Å². The average molecular weight is 426 g/mol. The molecule has 0 spiro atoms. The molecular weight excluding hydrogens is 406 g/mol. The number of carbonyl (C=O) groups excluding carboxylic acids is 3. The monoisotopic (exact) mass is 425 g/mol. The van der Waals surface area contributed by atoms with Crippen LogP contribution in [0.5, 0.6) is 0 Å². The van der Waals surface area contributed by atoms with Crippen LogP contribution in [0.25, 0.3) is 0 Å². The predicted octanol–water partition coefficient (Wildman–Crippen LogP) is -0.409. The zero-order chi connectivity index (χ0) is 19.3. The molecule has 3 amide bonds. The Labute approximate surface area is 158 Å². The lowest BCUT2D eigenvalue weighted by atomic mass is 9.90. The number of carbonyl (C=O) groups is 3. The first-order chi connectivity index (χ1) is 12.3. The minimum absolute atomic E-state index is 0.00754. The van der Waals surface area contributed by atoms with Gasteiger partial charge >= 0.3 is 0 Å². The average Bonchev–Trinajstić information content (AvgIpc) is 2.58. The van der Waals surface area contributed by atoms with Crippen LogP contribution in [-0.2, 0) is 9.59 Å². The van der Waals surface area contributed by atoms with Gasteiger partial charge in [-0.25, -0.2) is 0 Å². The van der Waals surface area contributed by atoms with Gasteiger partial charge in [0.1, 0.15) is 6.10 Å². The second kappa shape index (κ2) is 8.93. The molecule has 6 N–H and O–H groups in total. The van der Waals surface area contributed by atoms with Crippen LogP contribution in [0, 0.1) is 0 Å². The van der Waals surface area contributed by atoms with Crippen LogP contribution < -0.4 is 16.4 Å². The Balaban J connectivity index is 2.10. The largest absolute Gasteiger partial charge is 0.390 e. The molecule has 0 bridgehead atoms. The van der Waals surface area contributed by atoms with Gasteiger partial charge in [-0.1, -0.05) is 18.2 Å². The fourth-order valence-corrected chi connectivity index (χ4v) is 3.02. The number of amides is 3. The molecule has 1 aliphatic rings. The summed E-state index contributed by atoms with van der Waals surface area (Å²) in [5.74, 6) is -1.49. The van der Waals surface area contributed by atoms with Gasteiger partial charge in [-0.3, -0.25) is 14.4 Å². The number of hydrogen-bond acceptors (Lipinski definition) is 5. The quantitative estimate of drug-likeness (QED) is 0.421. The van der Waals surface area contributed by atoms with Crippen LogP contribution >= 0.6 is 15.9 Å². The van der Waals surface area contributed by atoms with Gasteiger partial charge < -0.3 is 26.6 Å². The second-order valence-corrected chi connectivity index (χ2v) is 6.76. The van der Waals surface area contributed by atoms with E-state index in [-0.39, 0.29) is 25.0 Å². The van der Waals surface area contributed by atoms with Crippen LogP contribution in [0.15, 0.2) is 40.4 Å². The number of halogens is 1. The Hall–Kier alpha value is -2.23. The molecular formula is C17H20BrN3O5. The van der Waals surface area contributed by atoms with Crippen molar-refractivity contribution in [2.24, 2.45) is 5.73 Å². The Morgan fingerprint density at radius 3 is 2.54 bits per heavy atom. The molecule has 0 unspecified atom stereocenters. The number of aliphatic hydroxyl groups excluding tert-OH is 2. The lowest BCUT2D eigenvalue weighted by Crippen LogP contribution is -2.51. The highest BCUT2D eigenvalue weighted by Gasteiger charge is 2.33. The molecule has 0 aliphatic heterocycles. The number of hydrogen-bond donors (Lipinski definition) is 5. The summed E-state index contributed by atoms with van der Waals surface area (Å²) in [4.78, 5) is 35.3. The lowest BCUT2D eigenvalue weighted by Gasteiger charge is -2.31. The van der Waals surface area contributed by atoms with E-state index in [0.717, 1.165) is 0 Å².